The highest BCUT2D eigenvalue weighted by Crippen LogP contribution is 2.57. The number of hydrogen-bond acceptors (Lipinski definition) is 4. The summed E-state index contributed by atoms with van der Waals surface area (Å²) < 4.78 is 45.1. The monoisotopic (exact) mass is 462 g/mol. The first-order valence-corrected chi connectivity index (χ1v) is 12.2. The Hall–Kier alpha value is -2.02. The predicted molar refractivity (Wildman–Crippen MR) is 121 cm³/mol. The van der Waals surface area contributed by atoms with Crippen LogP contribution in [0.1, 0.15) is 44.6 Å². The molecule has 2 heterocycles. The van der Waals surface area contributed by atoms with Crippen LogP contribution >= 0.6 is 0 Å². The Morgan fingerprint density at radius 1 is 1.21 bits per heavy atom. The van der Waals surface area contributed by atoms with Gasteiger partial charge in [-0.15, -0.1) is 0 Å². The number of fused-ring (bicyclic) bond motifs is 2. The van der Waals surface area contributed by atoms with Gasteiger partial charge < -0.3 is 9.64 Å². The molecule has 0 aromatic heterocycles. The molecule has 2 saturated heterocycles. The number of esters is 1. The fourth-order valence-corrected chi connectivity index (χ4v) is 6.81. The van der Waals surface area contributed by atoms with Crippen LogP contribution < -0.4 is 4.90 Å². The van der Waals surface area contributed by atoms with Gasteiger partial charge >= 0.3 is 12.1 Å². The number of hydrogen-bond donors (Lipinski definition) is 0. The molecule has 2 aliphatic carbocycles. The van der Waals surface area contributed by atoms with Gasteiger partial charge in [0.1, 0.15) is 6.10 Å². The molecule has 1 aromatic carbocycles. The van der Waals surface area contributed by atoms with Gasteiger partial charge in [0.05, 0.1) is 11.5 Å². The third kappa shape index (κ3) is 4.29. The number of alkyl halides is 3. The topological polar surface area (TPSA) is 32.8 Å². The summed E-state index contributed by atoms with van der Waals surface area (Å²) in [5.41, 5.74) is 1.53. The molecule has 2 aliphatic heterocycles. The summed E-state index contributed by atoms with van der Waals surface area (Å²) in [6.45, 7) is 10.1. The number of nitrogens with zero attached hydrogens (tertiary/aromatic N) is 2. The highest BCUT2D eigenvalue weighted by Gasteiger charge is 2.55. The fraction of sp³-hybridized carbons (Fsp3) is 0.654. The number of carbonyl (C=O) groups is 1. The smallest absolute Gasteiger partial charge is 0.416 e. The highest BCUT2D eigenvalue weighted by molar-refractivity contribution is 5.75. The van der Waals surface area contributed by atoms with Crippen LogP contribution in [-0.4, -0.2) is 49.7 Å². The summed E-state index contributed by atoms with van der Waals surface area (Å²) in [4.78, 5) is 17.1. The number of benzene rings is 1. The minimum atomic E-state index is -4.34. The zero-order chi connectivity index (χ0) is 23.4. The van der Waals surface area contributed by atoms with Crippen molar-refractivity contribution in [1.29, 1.82) is 0 Å². The Labute approximate surface area is 193 Å². The predicted octanol–water partition coefficient (Wildman–Crippen LogP) is 5.14. The van der Waals surface area contributed by atoms with E-state index in [2.05, 4.69) is 18.4 Å². The molecule has 0 bridgehead atoms. The molecule has 0 N–H and O–H groups in total. The zero-order valence-electron chi connectivity index (χ0n) is 19.2. The van der Waals surface area contributed by atoms with E-state index >= 15 is 0 Å². The lowest BCUT2D eigenvalue weighted by Crippen LogP contribution is -2.50. The van der Waals surface area contributed by atoms with E-state index in [9.17, 15) is 18.0 Å². The van der Waals surface area contributed by atoms with Crippen LogP contribution in [0.4, 0.5) is 18.9 Å². The molecular formula is C26H33F3N2O2. The lowest BCUT2D eigenvalue weighted by Gasteiger charge is -2.50. The van der Waals surface area contributed by atoms with E-state index in [0.29, 0.717) is 31.2 Å². The van der Waals surface area contributed by atoms with E-state index < -0.39 is 11.7 Å². The van der Waals surface area contributed by atoms with E-state index in [4.69, 9.17) is 4.74 Å². The molecule has 33 heavy (non-hydrogen) atoms. The largest absolute Gasteiger partial charge is 0.462 e. The summed E-state index contributed by atoms with van der Waals surface area (Å²) in [6.07, 6.45) is 1.05. The second-order valence-electron chi connectivity index (χ2n) is 10.7. The zero-order valence-corrected chi connectivity index (χ0v) is 19.2. The van der Waals surface area contributed by atoms with Crippen LogP contribution in [0, 0.1) is 23.2 Å². The number of anilines is 1. The molecule has 4 nitrogen and oxygen atoms in total. The molecule has 5 rings (SSSR count). The summed E-state index contributed by atoms with van der Waals surface area (Å²) in [5, 5.41) is 0. The van der Waals surface area contributed by atoms with Crippen molar-refractivity contribution >= 4 is 11.7 Å². The minimum Gasteiger partial charge on any atom is -0.462 e. The van der Waals surface area contributed by atoms with E-state index in [1.807, 2.05) is 4.90 Å². The van der Waals surface area contributed by atoms with Gasteiger partial charge in [0, 0.05) is 44.3 Å². The standard InChI is InChI=1S/C26H33F3N2O2/c1-17-5-4-8-25(2)15-23-20(14-22(17)25)21(24(32)33-23)16-30-9-11-31(12-10-30)19-7-3-6-18(13-19)26(27,28)29/h3,6-7,13,20-23H,1,4-5,8-12,14-16H2,2H3/t20-,21-,22+,23-,25-/m1/s1. The number of carbonyl (C=O) groups excluding carboxylic acids is 1. The van der Waals surface area contributed by atoms with Crippen LogP contribution in [-0.2, 0) is 15.7 Å². The fourth-order valence-electron chi connectivity index (χ4n) is 6.81. The van der Waals surface area contributed by atoms with Gasteiger partial charge in [0.25, 0.3) is 0 Å². The van der Waals surface area contributed by atoms with E-state index in [1.165, 1.54) is 30.5 Å². The van der Waals surface area contributed by atoms with Crippen molar-refractivity contribution < 1.29 is 22.7 Å². The van der Waals surface area contributed by atoms with Crippen molar-refractivity contribution in [1.82, 2.24) is 4.90 Å². The van der Waals surface area contributed by atoms with Gasteiger partial charge in [0.15, 0.2) is 0 Å². The molecule has 5 atom stereocenters. The Morgan fingerprint density at radius 2 is 1.97 bits per heavy atom. The molecule has 2 saturated carbocycles. The molecule has 7 heteroatoms. The first kappa shape index (κ1) is 22.8. The van der Waals surface area contributed by atoms with E-state index in [-0.39, 0.29) is 29.3 Å². The molecule has 180 valence electrons. The van der Waals surface area contributed by atoms with Crippen molar-refractivity contribution in [3.63, 3.8) is 0 Å². The number of rotatable bonds is 3. The Morgan fingerprint density at radius 3 is 2.70 bits per heavy atom. The molecule has 4 fully saturated rings. The van der Waals surface area contributed by atoms with Crippen molar-refractivity contribution in [3.8, 4) is 0 Å². The summed E-state index contributed by atoms with van der Waals surface area (Å²) in [6, 6.07) is 5.54. The average molecular weight is 463 g/mol. The lowest BCUT2D eigenvalue weighted by molar-refractivity contribution is -0.146. The van der Waals surface area contributed by atoms with Crippen LogP contribution in [0.3, 0.4) is 0 Å². The lowest BCUT2D eigenvalue weighted by atomic mass is 9.55. The summed E-state index contributed by atoms with van der Waals surface area (Å²) in [7, 11) is 0. The summed E-state index contributed by atoms with van der Waals surface area (Å²) >= 11 is 0. The molecule has 0 radical (unpaired) electrons. The normalized spacial score (nSPS) is 35.2. The Kier molecular flexibility index (Phi) is 5.74. The SMILES string of the molecule is C=C1CCC[C@]2(C)C[C@H]3OC(=O)[C@H](CN4CCN(c5cccc(C(F)(F)F)c5)CC4)[C@H]3C[C@@H]12. The first-order chi connectivity index (χ1) is 15.6. The molecule has 0 spiro atoms. The number of halogens is 3. The third-order valence-electron chi connectivity index (χ3n) is 8.69. The van der Waals surface area contributed by atoms with Crippen molar-refractivity contribution in [2.24, 2.45) is 23.2 Å². The molecule has 1 aromatic rings. The van der Waals surface area contributed by atoms with Crippen LogP contribution in [0.5, 0.6) is 0 Å². The van der Waals surface area contributed by atoms with Gasteiger partial charge in [0.2, 0.25) is 0 Å². The van der Waals surface area contributed by atoms with E-state index in [1.54, 1.807) is 6.07 Å². The molecule has 0 amide bonds. The maximum absolute atomic E-state index is 13.1. The van der Waals surface area contributed by atoms with Crippen LogP contribution in [0.15, 0.2) is 36.4 Å². The number of allylic oxidation sites excluding steroid dienone is 1. The Balaban J connectivity index is 1.21. The maximum atomic E-state index is 13.1. The van der Waals surface area contributed by atoms with Crippen molar-refractivity contribution in [2.75, 3.05) is 37.6 Å². The summed E-state index contributed by atoms with van der Waals surface area (Å²) in [5.74, 6) is 0.529. The van der Waals surface area contributed by atoms with Crippen LogP contribution in [0.25, 0.3) is 0 Å². The maximum Gasteiger partial charge on any atom is 0.416 e. The van der Waals surface area contributed by atoms with E-state index in [0.717, 1.165) is 38.4 Å². The second-order valence-corrected chi connectivity index (χ2v) is 10.7. The van der Waals surface area contributed by atoms with Crippen LogP contribution in [0.2, 0.25) is 0 Å². The molecule has 4 aliphatic rings. The van der Waals surface area contributed by atoms with Gasteiger partial charge in [-0.25, -0.2) is 0 Å². The molecule has 0 unspecified atom stereocenters. The highest BCUT2D eigenvalue weighted by atomic mass is 19.4. The molecular weight excluding hydrogens is 429 g/mol. The van der Waals surface area contributed by atoms with Gasteiger partial charge in [-0.1, -0.05) is 25.1 Å². The number of ether oxygens (including phenoxy) is 1. The minimum absolute atomic E-state index is 0.0149. The average Bonchev–Trinajstić information content (AvgIpc) is 3.06. The van der Waals surface area contributed by atoms with Crippen molar-refractivity contribution in [3.05, 3.63) is 42.0 Å². The Bertz CT molecular complexity index is 924. The first-order valence-electron chi connectivity index (χ1n) is 12.2. The van der Waals surface area contributed by atoms with Gasteiger partial charge in [-0.05, 0) is 61.6 Å². The van der Waals surface area contributed by atoms with Gasteiger partial charge in [-0.3, -0.25) is 9.69 Å². The van der Waals surface area contributed by atoms with Gasteiger partial charge in [-0.2, -0.15) is 13.2 Å². The second kappa shape index (κ2) is 8.33. The quantitative estimate of drug-likeness (QED) is 0.460. The van der Waals surface area contributed by atoms with Crippen molar-refractivity contribution in [2.45, 2.75) is 51.3 Å². The number of piperazine rings is 1. The third-order valence-corrected chi connectivity index (χ3v) is 8.69.